The molecular formula is C16H17FO. The average Bonchev–Trinajstić information content (AvgIpc) is 2.39. The van der Waals surface area contributed by atoms with Crippen LogP contribution in [-0.2, 0) is 6.42 Å². The maximum absolute atomic E-state index is 13.0. The zero-order valence-corrected chi connectivity index (χ0v) is 10.4. The lowest BCUT2D eigenvalue weighted by Crippen LogP contribution is -2.08. The molecule has 0 aliphatic carbocycles. The van der Waals surface area contributed by atoms with Crippen LogP contribution >= 0.6 is 0 Å². The van der Waals surface area contributed by atoms with E-state index in [4.69, 9.17) is 0 Å². The zero-order valence-electron chi connectivity index (χ0n) is 10.4. The minimum Gasteiger partial charge on any atom is -0.396 e. The van der Waals surface area contributed by atoms with E-state index >= 15 is 0 Å². The van der Waals surface area contributed by atoms with E-state index in [1.807, 2.05) is 37.3 Å². The predicted molar refractivity (Wildman–Crippen MR) is 71.1 cm³/mol. The van der Waals surface area contributed by atoms with Crippen LogP contribution in [-0.4, -0.2) is 11.7 Å². The second kappa shape index (κ2) is 5.78. The highest BCUT2D eigenvalue weighted by Gasteiger charge is 2.12. The Kier molecular flexibility index (Phi) is 4.11. The van der Waals surface area contributed by atoms with Crippen LogP contribution in [0.15, 0.2) is 48.5 Å². The number of aliphatic hydroxyl groups is 1. The van der Waals surface area contributed by atoms with Gasteiger partial charge in [0.2, 0.25) is 0 Å². The molecule has 0 bridgehead atoms. The molecule has 0 aromatic heterocycles. The highest BCUT2D eigenvalue weighted by molar-refractivity contribution is 5.30. The van der Waals surface area contributed by atoms with Crippen LogP contribution in [0.1, 0.15) is 22.6 Å². The molecular weight excluding hydrogens is 227 g/mol. The summed E-state index contributed by atoms with van der Waals surface area (Å²) in [4.78, 5) is 0. The predicted octanol–water partition coefficient (Wildman–Crippen LogP) is 3.45. The molecule has 0 heterocycles. The van der Waals surface area contributed by atoms with Gasteiger partial charge in [0, 0.05) is 5.92 Å². The van der Waals surface area contributed by atoms with E-state index in [2.05, 4.69) is 0 Å². The molecule has 18 heavy (non-hydrogen) atoms. The molecule has 0 spiro atoms. The van der Waals surface area contributed by atoms with Gasteiger partial charge in [-0.15, -0.1) is 0 Å². The number of benzene rings is 2. The number of hydrogen-bond donors (Lipinski definition) is 1. The molecule has 0 saturated heterocycles. The topological polar surface area (TPSA) is 20.2 Å². The minimum absolute atomic E-state index is 0.0651. The molecule has 2 heteroatoms. The van der Waals surface area contributed by atoms with Crippen molar-refractivity contribution in [3.8, 4) is 0 Å². The first-order valence-corrected chi connectivity index (χ1v) is 6.11. The highest BCUT2D eigenvalue weighted by Crippen LogP contribution is 2.22. The fourth-order valence-corrected chi connectivity index (χ4v) is 2.17. The molecule has 0 aliphatic heterocycles. The normalized spacial score (nSPS) is 12.4. The third-order valence-corrected chi connectivity index (χ3v) is 3.26. The third-order valence-electron chi connectivity index (χ3n) is 3.26. The summed E-state index contributed by atoms with van der Waals surface area (Å²) in [6, 6.07) is 14.7. The largest absolute Gasteiger partial charge is 0.396 e. The fourth-order valence-electron chi connectivity index (χ4n) is 2.17. The van der Waals surface area contributed by atoms with Gasteiger partial charge in [-0.2, -0.15) is 0 Å². The summed E-state index contributed by atoms with van der Waals surface area (Å²) >= 11 is 0. The molecule has 0 aliphatic rings. The standard InChI is InChI=1S/C16H17FO/c1-12-9-16(17)8-7-14(12)10-15(11-18)13-5-3-2-4-6-13/h2-9,15,18H,10-11H2,1H3. The number of hydrogen-bond acceptors (Lipinski definition) is 1. The van der Waals surface area contributed by atoms with Crippen LogP contribution in [0, 0.1) is 12.7 Å². The van der Waals surface area contributed by atoms with Crippen LogP contribution in [0.3, 0.4) is 0 Å². The van der Waals surface area contributed by atoms with Crippen LogP contribution in [0.5, 0.6) is 0 Å². The summed E-state index contributed by atoms with van der Waals surface area (Å²) in [6.07, 6.45) is 0.729. The van der Waals surface area contributed by atoms with E-state index in [1.54, 1.807) is 6.07 Å². The molecule has 0 saturated carbocycles. The summed E-state index contributed by atoms with van der Waals surface area (Å²) in [5.74, 6) is -0.146. The second-order valence-electron chi connectivity index (χ2n) is 4.57. The Morgan fingerprint density at radius 2 is 1.83 bits per heavy atom. The molecule has 2 aromatic carbocycles. The smallest absolute Gasteiger partial charge is 0.123 e. The van der Waals surface area contributed by atoms with E-state index in [1.165, 1.54) is 12.1 Å². The number of aryl methyl sites for hydroxylation is 1. The number of rotatable bonds is 4. The SMILES string of the molecule is Cc1cc(F)ccc1CC(CO)c1ccccc1. The first-order valence-electron chi connectivity index (χ1n) is 6.11. The highest BCUT2D eigenvalue weighted by atomic mass is 19.1. The maximum atomic E-state index is 13.0. The van der Waals surface area contributed by atoms with Gasteiger partial charge in [0.1, 0.15) is 5.82 Å². The van der Waals surface area contributed by atoms with Gasteiger partial charge in [-0.05, 0) is 42.2 Å². The molecule has 1 atom stereocenters. The number of aliphatic hydroxyl groups excluding tert-OH is 1. The van der Waals surface area contributed by atoms with E-state index in [0.29, 0.717) is 0 Å². The average molecular weight is 244 g/mol. The van der Waals surface area contributed by atoms with Crippen molar-refractivity contribution in [1.82, 2.24) is 0 Å². The van der Waals surface area contributed by atoms with Crippen LogP contribution in [0.25, 0.3) is 0 Å². The van der Waals surface area contributed by atoms with E-state index in [9.17, 15) is 9.50 Å². The van der Waals surface area contributed by atoms with Crippen LogP contribution in [0.2, 0.25) is 0 Å². The van der Waals surface area contributed by atoms with Crippen molar-refractivity contribution in [2.45, 2.75) is 19.3 Å². The summed E-state index contributed by atoms with van der Waals surface area (Å²) in [7, 11) is 0. The first-order chi connectivity index (χ1) is 8.70. The van der Waals surface area contributed by atoms with Crippen molar-refractivity contribution in [3.05, 3.63) is 71.0 Å². The van der Waals surface area contributed by atoms with E-state index in [0.717, 1.165) is 23.1 Å². The van der Waals surface area contributed by atoms with E-state index < -0.39 is 0 Å². The van der Waals surface area contributed by atoms with Gasteiger partial charge < -0.3 is 5.11 Å². The zero-order chi connectivity index (χ0) is 13.0. The molecule has 1 N–H and O–H groups in total. The Morgan fingerprint density at radius 1 is 1.11 bits per heavy atom. The van der Waals surface area contributed by atoms with Crippen molar-refractivity contribution < 1.29 is 9.50 Å². The molecule has 0 amide bonds. The van der Waals surface area contributed by atoms with Crippen molar-refractivity contribution in [2.75, 3.05) is 6.61 Å². The Balaban J connectivity index is 2.21. The summed E-state index contributed by atoms with van der Waals surface area (Å²) in [5, 5.41) is 9.51. The quantitative estimate of drug-likeness (QED) is 0.873. The Hall–Kier alpha value is -1.67. The first kappa shape index (κ1) is 12.8. The van der Waals surface area contributed by atoms with E-state index in [-0.39, 0.29) is 18.3 Å². The Labute approximate surface area is 107 Å². The van der Waals surface area contributed by atoms with Crippen molar-refractivity contribution in [2.24, 2.45) is 0 Å². The summed E-state index contributed by atoms with van der Waals surface area (Å²) in [6.45, 7) is 2.00. The third kappa shape index (κ3) is 2.96. The Bertz CT molecular complexity index is 508. The van der Waals surface area contributed by atoms with Crippen molar-refractivity contribution in [3.63, 3.8) is 0 Å². The van der Waals surface area contributed by atoms with Gasteiger partial charge in [0.15, 0.2) is 0 Å². The summed E-state index contributed by atoms with van der Waals surface area (Å²) in [5.41, 5.74) is 3.13. The molecule has 94 valence electrons. The molecule has 0 radical (unpaired) electrons. The molecule has 2 aromatic rings. The maximum Gasteiger partial charge on any atom is 0.123 e. The minimum atomic E-state index is -0.212. The molecule has 2 rings (SSSR count). The lowest BCUT2D eigenvalue weighted by atomic mass is 9.91. The molecule has 1 unspecified atom stereocenters. The lowest BCUT2D eigenvalue weighted by Gasteiger charge is -2.16. The van der Waals surface area contributed by atoms with Gasteiger partial charge >= 0.3 is 0 Å². The molecule has 0 fully saturated rings. The van der Waals surface area contributed by atoms with Crippen LogP contribution in [0.4, 0.5) is 4.39 Å². The lowest BCUT2D eigenvalue weighted by molar-refractivity contribution is 0.264. The van der Waals surface area contributed by atoms with Crippen LogP contribution < -0.4 is 0 Å². The van der Waals surface area contributed by atoms with Gasteiger partial charge in [-0.3, -0.25) is 0 Å². The second-order valence-corrected chi connectivity index (χ2v) is 4.57. The fraction of sp³-hybridized carbons (Fsp3) is 0.250. The van der Waals surface area contributed by atoms with Gasteiger partial charge in [0.05, 0.1) is 6.61 Å². The van der Waals surface area contributed by atoms with Crippen molar-refractivity contribution in [1.29, 1.82) is 0 Å². The Morgan fingerprint density at radius 3 is 2.44 bits per heavy atom. The summed E-state index contributed by atoms with van der Waals surface area (Å²) < 4.78 is 13.0. The number of halogens is 1. The van der Waals surface area contributed by atoms with Crippen molar-refractivity contribution >= 4 is 0 Å². The van der Waals surface area contributed by atoms with Gasteiger partial charge in [0.25, 0.3) is 0 Å². The van der Waals surface area contributed by atoms with Gasteiger partial charge in [-0.1, -0.05) is 36.4 Å². The monoisotopic (exact) mass is 244 g/mol. The van der Waals surface area contributed by atoms with Gasteiger partial charge in [-0.25, -0.2) is 4.39 Å². The molecule has 1 nitrogen and oxygen atoms in total.